The number of rotatable bonds is 4. The number of aldehydes is 1. The molecule has 0 radical (unpaired) electrons. The fourth-order valence-corrected chi connectivity index (χ4v) is 10.6. The largest absolute Gasteiger partial charge is 0.461 e. The third kappa shape index (κ3) is 3.77. The number of fused-ring (bicyclic) bond motifs is 7. The van der Waals surface area contributed by atoms with E-state index in [4.69, 9.17) is 9.47 Å². The summed E-state index contributed by atoms with van der Waals surface area (Å²) < 4.78 is 11.6. The van der Waals surface area contributed by atoms with E-state index in [0.717, 1.165) is 57.7 Å². The molecule has 0 bridgehead atoms. The van der Waals surface area contributed by atoms with Crippen LogP contribution in [0.2, 0.25) is 0 Å². The van der Waals surface area contributed by atoms with E-state index in [0.29, 0.717) is 12.3 Å². The predicted octanol–water partition coefficient (Wildman–Crippen LogP) is 6.64. The van der Waals surface area contributed by atoms with Crippen molar-refractivity contribution in [3.8, 4) is 0 Å². The molecule has 5 nitrogen and oxygen atoms in total. The minimum absolute atomic E-state index is 0.00889. The van der Waals surface area contributed by atoms with Crippen LogP contribution in [0.15, 0.2) is 24.3 Å². The highest BCUT2D eigenvalue weighted by molar-refractivity contribution is 5.79. The Labute approximate surface area is 229 Å². The Bertz CT molecular complexity index is 1030. The summed E-state index contributed by atoms with van der Waals surface area (Å²) in [5.74, 6) is 0.657. The number of hydrogen-bond acceptors (Lipinski definition) is 5. The number of carbonyl (C=O) groups is 2. The van der Waals surface area contributed by atoms with Gasteiger partial charge in [-0.25, -0.2) is 0 Å². The van der Waals surface area contributed by atoms with E-state index in [9.17, 15) is 14.7 Å². The number of esters is 1. The molecule has 38 heavy (non-hydrogen) atoms. The van der Waals surface area contributed by atoms with Crippen molar-refractivity contribution in [3.05, 3.63) is 24.3 Å². The van der Waals surface area contributed by atoms with Crippen LogP contribution in [0.5, 0.6) is 0 Å². The molecule has 5 aliphatic rings. The molecule has 1 heterocycles. The Morgan fingerprint density at radius 2 is 1.79 bits per heavy atom. The molecule has 1 saturated heterocycles. The van der Waals surface area contributed by atoms with Gasteiger partial charge in [0, 0.05) is 11.8 Å². The molecule has 5 heteroatoms. The van der Waals surface area contributed by atoms with E-state index in [1.54, 1.807) is 6.08 Å². The third-order valence-corrected chi connectivity index (χ3v) is 12.9. The van der Waals surface area contributed by atoms with Crippen LogP contribution < -0.4 is 0 Å². The smallest absolute Gasteiger partial charge is 0.312 e. The average molecular weight is 527 g/mol. The molecule has 4 aliphatic carbocycles. The van der Waals surface area contributed by atoms with Crippen molar-refractivity contribution in [1.29, 1.82) is 0 Å². The van der Waals surface area contributed by atoms with Crippen molar-refractivity contribution in [2.75, 3.05) is 13.2 Å². The number of aliphatic hydroxyl groups is 1. The van der Waals surface area contributed by atoms with E-state index in [-0.39, 0.29) is 52.7 Å². The number of allylic oxidation sites excluding steroid dienone is 2. The van der Waals surface area contributed by atoms with Crippen molar-refractivity contribution in [3.63, 3.8) is 0 Å². The third-order valence-electron chi connectivity index (χ3n) is 12.9. The first-order chi connectivity index (χ1) is 17.7. The average Bonchev–Trinajstić information content (AvgIpc) is 2.96. The molecule has 0 aromatic rings. The maximum Gasteiger partial charge on any atom is 0.312 e. The van der Waals surface area contributed by atoms with Crippen LogP contribution in [0.3, 0.4) is 0 Å². The zero-order valence-electron chi connectivity index (χ0n) is 24.6. The predicted molar refractivity (Wildman–Crippen MR) is 148 cm³/mol. The normalized spacial score (nSPS) is 49.6. The molecule has 0 unspecified atom stereocenters. The van der Waals surface area contributed by atoms with Gasteiger partial charge in [0.15, 0.2) is 6.29 Å². The number of hydrogen-bond donors (Lipinski definition) is 1. The van der Waals surface area contributed by atoms with Gasteiger partial charge in [0.2, 0.25) is 0 Å². The van der Waals surface area contributed by atoms with Crippen LogP contribution in [0.25, 0.3) is 0 Å². The van der Waals surface area contributed by atoms with E-state index in [2.05, 4.69) is 47.3 Å². The number of carbonyl (C=O) groups excluding carboxylic acids is 2. The Morgan fingerprint density at radius 1 is 1.08 bits per heavy atom. The molecular formula is C33H50O5. The van der Waals surface area contributed by atoms with Crippen molar-refractivity contribution < 1.29 is 24.2 Å². The van der Waals surface area contributed by atoms with Gasteiger partial charge in [-0.15, -0.1) is 0 Å². The summed E-state index contributed by atoms with van der Waals surface area (Å²) in [6, 6.07) is 0. The van der Waals surface area contributed by atoms with Crippen LogP contribution in [-0.4, -0.2) is 36.9 Å². The van der Waals surface area contributed by atoms with Gasteiger partial charge in [0.25, 0.3) is 0 Å². The van der Waals surface area contributed by atoms with Crippen molar-refractivity contribution >= 4 is 12.3 Å². The molecule has 0 amide bonds. The van der Waals surface area contributed by atoms with Crippen molar-refractivity contribution in [1.82, 2.24) is 0 Å². The second kappa shape index (κ2) is 9.03. The molecule has 9 atom stereocenters. The number of ether oxygens (including phenoxy) is 2. The van der Waals surface area contributed by atoms with Crippen LogP contribution >= 0.6 is 0 Å². The van der Waals surface area contributed by atoms with Gasteiger partial charge in [0.05, 0.1) is 12.0 Å². The van der Waals surface area contributed by atoms with Crippen LogP contribution in [0.4, 0.5) is 0 Å². The van der Waals surface area contributed by atoms with E-state index >= 15 is 0 Å². The first-order valence-electron chi connectivity index (χ1n) is 15.0. The standard InChI is InChI=1S/C33H50O5/c1-8-17-37-27(36)33-15-13-28(2,3)18-23(33)22-9-10-25-30(5)19-26(35)38-21-29(4,20-34)24(30)11-12-32(25,7)31(22,6)14-16-33/h8-9,20,23-26,35H,1,10-19,21H2,2-7H3/t23-,24-,25+,26-,29-,30-,31+,32+,33-/m0/s1. The van der Waals surface area contributed by atoms with E-state index in [1.165, 1.54) is 5.57 Å². The molecule has 5 rings (SSSR count). The fourth-order valence-electron chi connectivity index (χ4n) is 10.6. The summed E-state index contributed by atoms with van der Waals surface area (Å²) in [6.07, 6.45) is 12.7. The van der Waals surface area contributed by atoms with Crippen molar-refractivity contribution in [2.24, 2.45) is 50.2 Å². The van der Waals surface area contributed by atoms with Gasteiger partial charge in [-0.05, 0) is 90.8 Å². The second-order valence-corrected chi connectivity index (χ2v) is 15.4. The van der Waals surface area contributed by atoms with Crippen LogP contribution in [0, 0.1) is 50.2 Å². The lowest BCUT2D eigenvalue weighted by atomic mass is 9.34. The quantitative estimate of drug-likeness (QED) is 0.252. The first-order valence-corrected chi connectivity index (χ1v) is 15.0. The molecule has 4 fully saturated rings. The highest BCUT2D eigenvalue weighted by atomic mass is 16.6. The maximum atomic E-state index is 13.7. The Morgan fingerprint density at radius 3 is 2.47 bits per heavy atom. The molecular weight excluding hydrogens is 476 g/mol. The lowest BCUT2D eigenvalue weighted by Gasteiger charge is -2.69. The number of aliphatic hydroxyl groups excluding tert-OH is 1. The lowest BCUT2D eigenvalue weighted by Crippen LogP contribution is -2.63. The minimum atomic E-state index is -0.845. The van der Waals surface area contributed by atoms with Gasteiger partial charge in [-0.2, -0.15) is 0 Å². The highest BCUT2D eigenvalue weighted by Gasteiger charge is 2.69. The molecule has 0 aromatic heterocycles. The molecule has 0 spiro atoms. The Balaban J connectivity index is 1.60. The second-order valence-electron chi connectivity index (χ2n) is 15.4. The summed E-state index contributed by atoms with van der Waals surface area (Å²) in [5.41, 5.74) is 0.374. The monoisotopic (exact) mass is 526 g/mol. The molecule has 3 saturated carbocycles. The minimum Gasteiger partial charge on any atom is -0.461 e. The molecule has 1 N–H and O–H groups in total. The van der Waals surface area contributed by atoms with Gasteiger partial charge in [-0.3, -0.25) is 4.79 Å². The summed E-state index contributed by atoms with van der Waals surface area (Å²) in [4.78, 5) is 26.1. The molecule has 212 valence electrons. The molecule has 0 aromatic carbocycles. The highest BCUT2D eigenvalue weighted by Crippen LogP contribution is 2.75. The fraction of sp³-hybridized carbons (Fsp3) is 0.818. The zero-order chi connectivity index (χ0) is 27.8. The van der Waals surface area contributed by atoms with E-state index < -0.39 is 17.1 Å². The first kappa shape index (κ1) is 28.1. The maximum absolute atomic E-state index is 13.7. The SMILES string of the molecule is C=CCOC(=O)[C@]12CCC(C)(C)C[C@H]1C1=CC[C@@H]3[C@@]4(C)C[C@@H](O)OC[C@](C)(C=O)[C@@H]4CC[C@@]3(C)[C@]1(C)CC2. The van der Waals surface area contributed by atoms with Crippen LogP contribution in [-0.2, 0) is 19.1 Å². The zero-order valence-corrected chi connectivity index (χ0v) is 24.6. The Kier molecular flexibility index (Phi) is 6.67. The summed E-state index contributed by atoms with van der Waals surface area (Å²) >= 11 is 0. The summed E-state index contributed by atoms with van der Waals surface area (Å²) in [7, 11) is 0. The van der Waals surface area contributed by atoms with Gasteiger partial charge in [-0.1, -0.05) is 65.8 Å². The topological polar surface area (TPSA) is 72.8 Å². The Hall–Kier alpha value is -1.46. The van der Waals surface area contributed by atoms with Gasteiger partial charge >= 0.3 is 5.97 Å². The van der Waals surface area contributed by atoms with E-state index in [1.807, 2.05) is 6.92 Å². The lowest BCUT2D eigenvalue weighted by molar-refractivity contribution is -0.185. The summed E-state index contributed by atoms with van der Waals surface area (Å²) in [5, 5.41) is 10.9. The van der Waals surface area contributed by atoms with Gasteiger partial charge in [0.1, 0.15) is 12.9 Å². The molecule has 1 aliphatic heterocycles. The summed E-state index contributed by atoms with van der Waals surface area (Å²) in [6.45, 7) is 18.3. The van der Waals surface area contributed by atoms with Gasteiger partial charge < -0.3 is 19.4 Å². The van der Waals surface area contributed by atoms with Crippen LogP contribution in [0.1, 0.15) is 99.3 Å². The van der Waals surface area contributed by atoms with Crippen molar-refractivity contribution in [2.45, 2.75) is 106 Å².